The smallest absolute Gasteiger partial charge is 0.209 e. The zero-order valence-corrected chi connectivity index (χ0v) is 16.4. The van der Waals surface area contributed by atoms with Crippen LogP contribution in [0.15, 0.2) is 66.7 Å². The SMILES string of the molecule is CN(C)CCOc1cccc(C(=O)c2cc(C#N)c3ccc4ccccc4n23)c1. The molecule has 2 heterocycles. The maximum atomic E-state index is 13.4. The van der Waals surface area contributed by atoms with Gasteiger partial charge in [-0.05, 0) is 49.8 Å². The van der Waals surface area contributed by atoms with Crippen molar-refractivity contribution in [1.82, 2.24) is 9.30 Å². The fourth-order valence-corrected chi connectivity index (χ4v) is 3.43. The van der Waals surface area contributed by atoms with Crippen molar-refractivity contribution in [2.75, 3.05) is 27.2 Å². The highest BCUT2D eigenvalue weighted by Crippen LogP contribution is 2.26. The van der Waals surface area contributed by atoms with Crippen molar-refractivity contribution in [1.29, 1.82) is 5.26 Å². The Bertz CT molecular complexity index is 1250. The van der Waals surface area contributed by atoms with Gasteiger partial charge in [0, 0.05) is 12.1 Å². The summed E-state index contributed by atoms with van der Waals surface area (Å²) in [4.78, 5) is 15.4. The molecule has 0 spiro atoms. The van der Waals surface area contributed by atoms with Crippen LogP contribution >= 0.6 is 0 Å². The van der Waals surface area contributed by atoms with Crippen LogP contribution in [0, 0.1) is 11.3 Å². The lowest BCUT2D eigenvalue weighted by Gasteiger charge is -2.12. The van der Waals surface area contributed by atoms with Gasteiger partial charge in [0.05, 0.1) is 22.3 Å². The van der Waals surface area contributed by atoms with Gasteiger partial charge in [-0.3, -0.25) is 4.79 Å². The van der Waals surface area contributed by atoms with E-state index in [1.54, 1.807) is 18.2 Å². The molecular weight excluding hydrogens is 362 g/mol. The number of carbonyl (C=O) groups is 1. The molecule has 0 saturated carbocycles. The Morgan fingerprint density at radius 3 is 2.66 bits per heavy atom. The Balaban J connectivity index is 1.78. The van der Waals surface area contributed by atoms with Crippen LogP contribution in [0.1, 0.15) is 21.6 Å². The van der Waals surface area contributed by atoms with E-state index in [-0.39, 0.29) is 5.78 Å². The molecule has 0 fully saturated rings. The lowest BCUT2D eigenvalue weighted by Crippen LogP contribution is -2.19. The number of para-hydroxylation sites is 1. The Labute approximate surface area is 169 Å². The summed E-state index contributed by atoms with van der Waals surface area (Å²) in [5, 5.41) is 10.6. The third kappa shape index (κ3) is 3.58. The quantitative estimate of drug-likeness (QED) is 0.470. The van der Waals surface area contributed by atoms with Crippen molar-refractivity contribution in [3.05, 3.63) is 83.6 Å². The van der Waals surface area contributed by atoms with E-state index in [0.717, 1.165) is 23.0 Å². The van der Waals surface area contributed by atoms with Crippen LogP contribution in [-0.4, -0.2) is 42.3 Å². The highest BCUT2D eigenvalue weighted by Gasteiger charge is 2.19. The molecule has 0 N–H and O–H groups in total. The van der Waals surface area contributed by atoms with Crippen molar-refractivity contribution < 1.29 is 9.53 Å². The van der Waals surface area contributed by atoms with Gasteiger partial charge in [-0.2, -0.15) is 5.26 Å². The predicted octanol–water partition coefficient (Wildman–Crippen LogP) is 4.14. The van der Waals surface area contributed by atoms with E-state index < -0.39 is 0 Å². The summed E-state index contributed by atoms with van der Waals surface area (Å²) in [5.74, 6) is 0.514. The highest BCUT2D eigenvalue weighted by molar-refractivity contribution is 6.10. The van der Waals surface area contributed by atoms with E-state index in [1.807, 2.05) is 71.9 Å². The number of benzene rings is 2. The summed E-state index contributed by atoms with van der Waals surface area (Å²) < 4.78 is 7.65. The van der Waals surface area contributed by atoms with Crippen LogP contribution < -0.4 is 4.74 Å². The summed E-state index contributed by atoms with van der Waals surface area (Å²) in [6, 6.07) is 22.8. The molecule has 0 radical (unpaired) electrons. The van der Waals surface area contributed by atoms with Gasteiger partial charge in [-0.25, -0.2) is 0 Å². The molecule has 0 amide bonds. The van der Waals surface area contributed by atoms with E-state index in [4.69, 9.17) is 4.74 Å². The third-order valence-electron chi connectivity index (χ3n) is 4.89. The van der Waals surface area contributed by atoms with E-state index in [1.165, 1.54) is 0 Å². The maximum absolute atomic E-state index is 13.4. The van der Waals surface area contributed by atoms with Crippen molar-refractivity contribution in [2.24, 2.45) is 0 Å². The van der Waals surface area contributed by atoms with Gasteiger partial charge in [-0.15, -0.1) is 0 Å². The van der Waals surface area contributed by atoms with Gasteiger partial charge in [0.1, 0.15) is 18.4 Å². The van der Waals surface area contributed by atoms with Gasteiger partial charge in [0.15, 0.2) is 0 Å². The van der Waals surface area contributed by atoms with E-state index in [9.17, 15) is 10.1 Å². The molecule has 2 aromatic carbocycles. The van der Waals surface area contributed by atoms with E-state index in [0.29, 0.717) is 29.2 Å². The Morgan fingerprint density at radius 1 is 1.03 bits per heavy atom. The Hall–Kier alpha value is -3.62. The number of ketones is 1. The molecule has 4 rings (SSSR count). The molecule has 0 saturated heterocycles. The number of likely N-dealkylation sites (N-methyl/N-ethyl adjacent to an activating group) is 1. The number of hydrogen-bond acceptors (Lipinski definition) is 4. The number of hydrogen-bond donors (Lipinski definition) is 0. The summed E-state index contributed by atoms with van der Waals surface area (Å²) in [5.41, 5.74) is 3.11. The van der Waals surface area contributed by atoms with Crippen molar-refractivity contribution in [2.45, 2.75) is 0 Å². The van der Waals surface area contributed by atoms with Crippen molar-refractivity contribution in [3.8, 4) is 11.8 Å². The molecule has 144 valence electrons. The first-order valence-electron chi connectivity index (χ1n) is 9.44. The second kappa shape index (κ2) is 7.78. The molecule has 0 atom stereocenters. The molecule has 0 aliphatic rings. The number of nitriles is 1. The Kier molecular flexibility index (Phi) is 5.03. The van der Waals surface area contributed by atoms with Crippen molar-refractivity contribution >= 4 is 22.2 Å². The number of ether oxygens (including phenoxy) is 1. The van der Waals surface area contributed by atoms with Gasteiger partial charge in [0.25, 0.3) is 0 Å². The topological polar surface area (TPSA) is 57.7 Å². The van der Waals surface area contributed by atoms with Crippen LogP contribution in [0.4, 0.5) is 0 Å². The fraction of sp³-hybridized carbons (Fsp3) is 0.167. The first-order valence-corrected chi connectivity index (χ1v) is 9.44. The normalized spacial score (nSPS) is 11.1. The zero-order valence-electron chi connectivity index (χ0n) is 16.4. The number of pyridine rings is 1. The molecule has 5 nitrogen and oxygen atoms in total. The summed E-state index contributed by atoms with van der Waals surface area (Å²) in [6.07, 6.45) is 0. The molecule has 4 aromatic rings. The highest BCUT2D eigenvalue weighted by atomic mass is 16.5. The molecule has 29 heavy (non-hydrogen) atoms. The predicted molar refractivity (Wildman–Crippen MR) is 114 cm³/mol. The lowest BCUT2D eigenvalue weighted by molar-refractivity contribution is 0.103. The average Bonchev–Trinajstić information content (AvgIpc) is 3.12. The summed E-state index contributed by atoms with van der Waals surface area (Å²) >= 11 is 0. The number of aromatic nitrogens is 1. The summed E-state index contributed by atoms with van der Waals surface area (Å²) in [7, 11) is 3.97. The largest absolute Gasteiger partial charge is 0.492 e. The molecule has 5 heteroatoms. The van der Waals surface area contributed by atoms with Crippen LogP contribution in [0.25, 0.3) is 16.4 Å². The monoisotopic (exact) mass is 383 g/mol. The van der Waals surface area contributed by atoms with Crippen LogP contribution in [0.5, 0.6) is 5.75 Å². The lowest BCUT2D eigenvalue weighted by atomic mass is 10.1. The average molecular weight is 383 g/mol. The molecular formula is C24H21N3O2. The molecule has 0 aliphatic heterocycles. The maximum Gasteiger partial charge on any atom is 0.209 e. The number of fused-ring (bicyclic) bond motifs is 3. The van der Waals surface area contributed by atoms with E-state index >= 15 is 0 Å². The molecule has 2 aromatic heterocycles. The molecule has 0 aliphatic carbocycles. The third-order valence-corrected chi connectivity index (χ3v) is 4.89. The second-order valence-corrected chi connectivity index (χ2v) is 7.18. The van der Waals surface area contributed by atoms with Gasteiger partial charge < -0.3 is 14.0 Å². The van der Waals surface area contributed by atoms with Crippen LogP contribution in [0.3, 0.4) is 0 Å². The first kappa shape index (κ1) is 18.7. The minimum Gasteiger partial charge on any atom is -0.492 e. The van der Waals surface area contributed by atoms with Gasteiger partial charge in [0.2, 0.25) is 5.78 Å². The Morgan fingerprint density at radius 2 is 1.86 bits per heavy atom. The van der Waals surface area contributed by atoms with Crippen molar-refractivity contribution in [3.63, 3.8) is 0 Å². The first-order chi connectivity index (χ1) is 14.1. The number of carbonyl (C=O) groups excluding carboxylic acids is 1. The second-order valence-electron chi connectivity index (χ2n) is 7.18. The summed E-state index contributed by atoms with van der Waals surface area (Å²) in [6.45, 7) is 1.33. The van der Waals surface area contributed by atoms with Gasteiger partial charge in [-0.1, -0.05) is 36.4 Å². The molecule has 0 bridgehead atoms. The van der Waals surface area contributed by atoms with Crippen LogP contribution in [0.2, 0.25) is 0 Å². The fourth-order valence-electron chi connectivity index (χ4n) is 3.43. The number of rotatable bonds is 6. The minimum absolute atomic E-state index is 0.143. The number of nitrogens with zero attached hydrogens (tertiary/aromatic N) is 3. The van der Waals surface area contributed by atoms with E-state index in [2.05, 4.69) is 6.07 Å². The zero-order chi connectivity index (χ0) is 20.4. The van der Waals surface area contributed by atoms with Gasteiger partial charge >= 0.3 is 0 Å². The molecule has 0 unspecified atom stereocenters. The standard InChI is InChI=1S/C24H21N3O2/c1-26(2)12-13-29-20-8-5-7-18(14-20)24(28)23-15-19(16-25)22-11-10-17-6-3-4-9-21(17)27(22)23/h3-11,14-15H,12-13H2,1-2H3. The minimum atomic E-state index is -0.143. The van der Waals surface area contributed by atoms with Crippen LogP contribution in [-0.2, 0) is 0 Å².